The molecule has 0 radical (unpaired) electrons. The molecule has 0 bridgehead atoms. The molecule has 0 aromatic heterocycles. The molecule has 0 heterocycles. The molecule has 0 heteroatoms. The molecular weight excluding hydrogens is 132 g/mol. The van der Waals surface area contributed by atoms with Crippen molar-refractivity contribution in [1.82, 2.24) is 0 Å². The summed E-state index contributed by atoms with van der Waals surface area (Å²) in [6.45, 7) is 10.9. The third kappa shape index (κ3) is 26.0. The van der Waals surface area contributed by atoms with E-state index in [1.165, 1.54) is 12.8 Å². The second kappa shape index (κ2) is 12.4. The van der Waals surface area contributed by atoms with E-state index >= 15 is 0 Å². The molecule has 11 heavy (non-hydrogen) atoms. The number of rotatable bonds is 3. The molecule has 0 atom stereocenters. The molecule has 0 spiro atoms. The van der Waals surface area contributed by atoms with Crippen molar-refractivity contribution in [2.24, 2.45) is 5.92 Å². The van der Waals surface area contributed by atoms with Crippen molar-refractivity contribution in [3.05, 3.63) is 12.2 Å². The third-order valence-electron chi connectivity index (χ3n) is 1.34. The normalized spacial score (nSPS) is 10.0. The Hall–Kier alpha value is -0.260. The van der Waals surface area contributed by atoms with Crippen LogP contribution >= 0.6 is 0 Å². The summed E-state index contributed by atoms with van der Waals surface area (Å²) in [6, 6.07) is 0. The van der Waals surface area contributed by atoms with E-state index in [0.29, 0.717) is 0 Å². The lowest BCUT2D eigenvalue weighted by Gasteiger charge is -1.95. The minimum atomic E-state index is 0.898. The summed E-state index contributed by atoms with van der Waals surface area (Å²) >= 11 is 0. The zero-order chi connectivity index (χ0) is 9.11. The van der Waals surface area contributed by atoms with Crippen molar-refractivity contribution in [3.8, 4) is 0 Å². The van der Waals surface area contributed by atoms with E-state index in [2.05, 4.69) is 39.8 Å². The summed E-state index contributed by atoms with van der Waals surface area (Å²) in [7, 11) is 0. The van der Waals surface area contributed by atoms with Gasteiger partial charge in [-0.25, -0.2) is 0 Å². The predicted octanol–water partition coefficient (Wildman–Crippen LogP) is 4.42. The largest absolute Gasteiger partial charge is 0.0917 e. The minimum Gasteiger partial charge on any atom is -0.0917 e. The van der Waals surface area contributed by atoms with E-state index < -0.39 is 0 Å². The molecule has 0 aliphatic heterocycles. The fraction of sp³-hybridized carbons (Fsp3) is 0.818. The zero-order valence-corrected chi connectivity index (χ0v) is 8.85. The highest BCUT2D eigenvalue weighted by molar-refractivity contribution is 4.73. The van der Waals surface area contributed by atoms with E-state index in [4.69, 9.17) is 0 Å². The lowest BCUT2D eigenvalue weighted by atomic mass is 10.1. The summed E-state index contributed by atoms with van der Waals surface area (Å²) in [6.07, 6.45) is 8.05. The Morgan fingerprint density at radius 1 is 1.18 bits per heavy atom. The van der Waals surface area contributed by atoms with Gasteiger partial charge in [0.1, 0.15) is 0 Å². The van der Waals surface area contributed by atoms with Gasteiger partial charge >= 0.3 is 0 Å². The summed E-state index contributed by atoms with van der Waals surface area (Å²) in [5, 5.41) is 0. The van der Waals surface area contributed by atoms with Gasteiger partial charge in [0, 0.05) is 0 Å². The maximum absolute atomic E-state index is 2.25. The zero-order valence-electron chi connectivity index (χ0n) is 8.85. The molecular formula is C11H24. The molecule has 0 unspecified atom stereocenters. The molecule has 0 N–H and O–H groups in total. The number of hydrogen-bond acceptors (Lipinski definition) is 0. The molecule has 0 aliphatic carbocycles. The van der Waals surface area contributed by atoms with Crippen LogP contribution in [0.2, 0.25) is 0 Å². The summed E-state index contributed by atoms with van der Waals surface area (Å²) in [5.74, 6) is 0.898. The second-order valence-electron chi connectivity index (χ2n) is 3.16. The van der Waals surface area contributed by atoms with Gasteiger partial charge in [-0.2, -0.15) is 0 Å². The van der Waals surface area contributed by atoms with Gasteiger partial charge in [0.2, 0.25) is 0 Å². The standard InChI is InChI=1S/C6H14.C5H10/c1-4-5-6(2)3;1-3-5-4-2/h6H,4-5H2,1-3H3;3,5H,4H2,1-2H3/b;5-3-. The van der Waals surface area contributed by atoms with Gasteiger partial charge in [-0.3, -0.25) is 0 Å². The third-order valence-corrected chi connectivity index (χ3v) is 1.34. The molecule has 0 saturated carbocycles. The van der Waals surface area contributed by atoms with E-state index in [-0.39, 0.29) is 0 Å². The average molecular weight is 156 g/mol. The quantitative estimate of drug-likeness (QED) is 0.531. The molecule has 0 amide bonds. The maximum Gasteiger partial charge on any atom is -0.0379 e. The first kappa shape index (κ1) is 13.3. The minimum absolute atomic E-state index is 0.898. The lowest BCUT2D eigenvalue weighted by Crippen LogP contribution is -1.81. The second-order valence-corrected chi connectivity index (χ2v) is 3.16. The smallest absolute Gasteiger partial charge is 0.0379 e. The van der Waals surface area contributed by atoms with Crippen molar-refractivity contribution in [3.63, 3.8) is 0 Å². The molecule has 0 rings (SSSR count). The molecule has 0 aliphatic rings. The Balaban J connectivity index is 0. The van der Waals surface area contributed by atoms with Crippen LogP contribution < -0.4 is 0 Å². The van der Waals surface area contributed by atoms with E-state index in [0.717, 1.165) is 12.3 Å². The van der Waals surface area contributed by atoms with Gasteiger partial charge in [0.15, 0.2) is 0 Å². The predicted molar refractivity (Wildman–Crippen MR) is 54.9 cm³/mol. The SMILES string of the molecule is C/C=C\CC.CCCC(C)C. The fourth-order valence-electron chi connectivity index (χ4n) is 0.813. The van der Waals surface area contributed by atoms with Gasteiger partial charge in [-0.05, 0) is 19.3 Å². The van der Waals surface area contributed by atoms with Crippen LogP contribution in [0.1, 0.15) is 53.9 Å². The van der Waals surface area contributed by atoms with Crippen LogP contribution in [0.4, 0.5) is 0 Å². The first-order valence-corrected chi connectivity index (χ1v) is 4.80. The fourth-order valence-corrected chi connectivity index (χ4v) is 0.813. The highest BCUT2D eigenvalue weighted by Gasteiger charge is 1.85. The highest BCUT2D eigenvalue weighted by atomic mass is 13.9. The molecule has 0 nitrogen and oxygen atoms in total. The van der Waals surface area contributed by atoms with Crippen LogP contribution in [0.25, 0.3) is 0 Å². The molecule has 0 aromatic rings. The van der Waals surface area contributed by atoms with Crippen LogP contribution in [-0.4, -0.2) is 0 Å². The molecule has 0 saturated heterocycles. The van der Waals surface area contributed by atoms with Crippen LogP contribution in [0.5, 0.6) is 0 Å². The Morgan fingerprint density at radius 2 is 1.73 bits per heavy atom. The lowest BCUT2D eigenvalue weighted by molar-refractivity contribution is 0.576. The van der Waals surface area contributed by atoms with Crippen molar-refractivity contribution < 1.29 is 0 Å². The van der Waals surface area contributed by atoms with Crippen molar-refractivity contribution in [1.29, 1.82) is 0 Å². The first-order valence-electron chi connectivity index (χ1n) is 4.80. The van der Waals surface area contributed by atoms with Gasteiger partial charge in [-0.1, -0.05) is 52.7 Å². The van der Waals surface area contributed by atoms with E-state index in [1.54, 1.807) is 0 Å². The van der Waals surface area contributed by atoms with Crippen LogP contribution in [0, 0.1) is 5.92 Å². The molecule has 0 aromatic carbocycles. The van der Waals surface area contributed by atoms with Crippen LogP contribution in [0.3, 0.4) is 0 Å². The van der Waals surface area contributed by atoms with Crippen molar-refractivity contribution in [2.75, 3.05) is 0 Å². The van der Waals surface area contributed by atoms with E-state index in [9.17, 15) is 0 Å². The Morgan fingerprint density at radius 3 is 1.73 bits per heavy atom. The van der Waals surface area contributed by atoms with Gasteiger partial charge in [-0.15, -0.1) is 0 Å². The molecule has 0 fully saturated rings. The summed E-state index contributed by atoms with van der Waals surface area (Å²) < 4.78 is 0. The van der Waals surface area contributed by atoms with Gasteiger partial charge in [0.25, 0.3) is 0 Å². The molecule has 68 valence electrons. The first-order chi connectivity index (χ1) is 5.18. The summed E-state index contributed by atoms with van der Waals surface area (Å²) in [5.41, 5.74) is 0. The average Bonchev–Trinajstić information content (AvgIpc) is 1.90. The summed E-state index contributed by atoms with van der Waals surface area (Å²) in [4.78, 5) is 0. The van der Waals surface area contributed by atoms with E-state index in [1.807, 2.05) is 6.92 Å². The Labute approximate surface area is 72.7 Å². The van der Waals surface area contributed by atoms with Crippen LogP contribution in [-0.2, 0) is 0 Å². The topological polar surface area (TPSA) is 0 Å². The highest BCUT2D eigenvalue weighted by Crippen LogP contribution is 2.00. The Bertz CT molecular complexity index is 70.1. The Kier molecular flexibility index (Phi) is 15.1. The monoisotopic (exact) mass is 156 g/mol. The van der Waals surface area contributed by atoms with Gasteiger partial charge < -0.3 is 0 Å². The number of allylic oxidation sites excluding steroid dienone is 2. The van der Waals surface area contributed by atoms with Crippen molar-refractivity contribution in [2.45, 2.75) is 53.9 Å². The number of hydrogen-bond donors (Lipinski definition) is 0. The maximum atomic E-state index is 2.25. The van der Waals surface area contributed by atoms with Gasteiger partial charge in [0.05, 0.1) is 0 Å². The van der Waals surface area contributed by atoms with Crippen LogP contribution in [0.15, 0.2) is 12.2 Å². The van der Waals surface area contributed by atoms with Crippen molar-refractivity contribution >= 4 is 0 Å².